The predicted molar refractivity (Wildman–Crippen MR) is 127 cm³/mol. The summed E-state index contributed by atoms with van der Waals surface area (Å²) in [6, 6.07) is 25.6. The van der Waals surface area contributed by atoms with Crippen molar-refractivity contribution < 1.29 is 23.8 Å². The maximum absolute atomic E-state index is 10.9. The van der Waals surface area contributed by atoms with E-state index < -0.39 is 5.97 Å². The van der Waals surface area contributed by atoms with Crippen LogP contribution in [0.25, 0.3) is 22.6 Å². The smallest absolute Gasteiger partial charge is 0.341 e. The van der Waals surface area contributed by atoms with Crippen molar-refractivity contribution in [1.29, 1.82) is 0 Å². The predicted octanol–water partition coefficient (Wildman–Crippen LogP) is 6.07. The van der Waals surface area contributed by atoms with Gasteiger partial charge in [-0.3, -0.25) is 0 Å². The minimum Gasteiger partial charge on any atom is -0.482 e. The molecule has 6 nitrogen and oxygen atoms in total. The standard InChI is InChI=1S/C28H25NO5/c30-26(31)18-33-24-16-8-13-21-22(24)14-7-15-23(21)32-17-25-29-27(19-9-3-1-4-10-19)28(34-25)20-11-5-2-6-12-20/h1-6,8-13,16,23H,7,14-15,17-18H2,(H,30,31)/t23-/m0/s1. The maximum Gasteiger partial charge on any atom is 0.341 e. The molecule has 1 heterocycles. The van der Waals surface area contributed by atoms with Gasteiger partial charge in [0.1, 0.15) is 18.1 Å². The Morgan fingerprint density at radius 3 is 2.44 bits per heavy atom. The number of benzene rings is 3. The van der Waals surface area contributed by atoms with E-state index in [1.165, 1.54) is 0 Å². The molecule has 0 aliphatic heterocycles. The van der Waals surface area contributed by atoms with Crippen molar-refractivity contribution in [1.82, 2.24) is 4.98 Å². The van der Waals surface area contributed by atoms with E-state index >= 15 is 0 Å². The van der Waals surface area contributed by atoms with E-state index in [4.69, 9.17) is 24.0 Å². The Labute approximate surface area is 197 Å². The van der Waals surface area contributed by atoms with Gasteiger partial charge in [-0.25, -0.2) is 9.78 Å². The summed E-state index contributed by atoms with van der Waals surface area (Å²) in [5.41, 5.74) is 4.79. The lowest BCUT2D eigenvalue weighted by atomic mass is 9.88. The fourth-order valence-corrected chi connectivity index (χ4v) is 4.39. The molecule has 1 aliphatic rings. The summed E-state index contributed by atoms with van der Waals surface area (Å²) in [4.78, 5) is 15.7. The molecule has 3 aromatic carbocycles. The topological polar surface area (TPSA) is 81.8 Å². The number of nitrogens with zero attached hydrogens (tertiary/aromatic N) is 1. The fourth-order valence-electron chi connectivity index (χ4n) is 4.39. The van der Waals surface area contributed by atoms with E-state index in [-0.39, 0.29) is 19.3 Å². The van der Waals surface area contributed by atoms with Crippen LogP contribution in [0.1, 0.15) is 36.0 Å². The van der Waals surface area contributed by atoms with Gasteiger partial charge >= 0.3 is 5.97 Å². The second-order valence-corrected chi connectivity index (χ2v) is 8.22. The second-order valence-electron chi connectivity index (χ2n) is 8.22. The Morgan fingerprint density at radius 1 is 0.971 bits per heavy atom. The van der Waals surface area contributed by atoms with Gasteiger partial charge < -0.3 is 19.0 Å². The third-order valence-corrected chi connectivity index (χ3v) is 5.92. The molecule has 1 aromatic heterocycles. The fraction of sp³-hybridized carbons (Fsp3) is 0.214. The van der Waals surface area contributed by atoms with Gasteiger partial charge in [0.15, 0.2) is 12.4 Å². The average molecular weight is 456 g/mol. The summed E-state index contributed by atoms with van der Waals surface area (Å²) < 4.78 is 18.0. The first-order valence-corrected chi connectivity index (χ1v) is 11.4. The van der Waals surface area contributed by atoms with Crippen LogP contribution < -0.4 is 4.74 Å². The van der Waals surface area contributed by atoms with Crippen molar-refractivity contribution in [3.63, 3.8) is 0 Å². The van der Waals surface area contributed by atoms with Gasteiger partial charge in [0.25, 0.3) is 0 Å². The molecule has 172 valence electrons. The molecular weight excluding hydrogens is 430 g/mol. The highest BCUT2D eigenvalue weighted by Gasteiger charge is 2.25. The third kappa shape index (κ3) is 4.72. The number of carboxylic acid groups (broad SMARTS) is 1. The number of aliphatic carboxylic acids is 1. The van der Waals surface area contributed by atoms with Gasteiger partial charge in [-0.15, -0.1) is 0 Å². The zero-order chi connectivity index (χ0) is 23.3. The molecule has 6 heteroatoms. The minimum atomic E-state index is -0.992. The van der Waals surface area contributed by atoms with E-state index in [0.29, 0.717) is 11.6 Å². The molecule has 1 atom stereocenters. The van der Waals surface area contributed by atoms with Crippen LogP contribution in [0.4, 0.5) is 0 Å². The van der Waals surface area contributed by atoms with Crippen molar-refractivity contribution in [3.05, 3.63) is 95.9 Å². The van der Waals surface area contributed by atoms with Gasteiger partial charge in [-0.2, -0.15) is 0 Å². The number of hydrogen-bond acceptors (Lipinski definition) is 5. The minimum absolute atomic E-state index is 0.135. The normalized spacial score (nSPS) is 15.0. The summed E-state index contributed by atoms with van der Waals surface area (Å²) in [5.74, 6) is 0.859. The van der Waals surface area contributed by atoms with E-state index in [0.717, 1.165) is 53.0 Å². The van der Waals surface area contributed by atoms with Crippen LogP contribution in [-0.2, 0) is 22.6 Å². The van der Waals surface area contributed by atoms with Crippen molar-refractivity contribution in [2.75, 3.05) is 6.61 Å². The maximum atomic E-state index is 10.9. The second kappa shape index (κ2) is 9.93. The molecule has 0 amide bonds. The lowest BCUT2D eigenvalue weighted by Gasteiger charge is -2.26. The van der Waals surface area contributed by atoms with Crippen LogP contribution in [0.2, 0.25) is 0 Å². The van der Waals surface area contributed by atoms with Gasteiger partial charge in [0.05, 0.1) is 6.10 Å². The number of ether oxygens (including phenoxy) is 2. The Bertz CT molecular complexity index is 1210. The van der Waals surface area contributed by atoms with E-state index in [1.54, 1.807) is 0 Å². The number of fused-ring (bicyclic) bond motifs is 1. The highest BCUT2D eigenvalue weighted by molar-refractivity contribution is 5.76. The monoisotopic (exact) mass is 455 g/mol. The van der Waals surface area contributed by atoms with Gasteiger partial charge in [0, 0.05) is 11.1 Å². The molecule has 0 saturated carbocycles. The zero-order valence-electron chi connectivity index (χ0n) is 18.6. The molecule has 0 bridgehead atoms. The van der Waals surface area contributed by atoms with Crippen LogP contribution in [0, 0.1) is 0 Å². The van der Waals surface area contributed by atoms with E-state index in [1.807, 2.05) is 78.9 Å². The van der Waals surface area contributed by atoms with Gasteiger partial charge in [-0.05, 0) is 36.5 Å². The summed E-state index contributed by atoms with van der Waals surface area (Å²) in [7, 11) is 0. The van der Waals surface area contributed by atoms with Crippen LogP contribution >= 0.6 is 0 Å². The molecule has 0 spiro atoms. The molecule has 0 radical (unpaired) electrons. The SMILES string of the molecule is O=C(O)COc1cccc2c1CCC[C@@H]2OCc1nc(-c2ccccc2)c(-c2ccccc2)o1. The summed E-state index contributed by atoms with van der Waals surface area (Å²) in [6.45, 7) is -0.125. The highest BCUT2D eigenvalue weighted by atomic mass is 16.5. The lowest BCUT2D eigenvalue weighted by molar-refractivity contribution is -0.139. The lowest BCUT2D eigenvalue weighted by Crippen LogP contribution is -2.16. The molecule has 1 N–H and O–H groups in total. The number of hydrogen-bond donors (Lipinski definition) is 1. The molecule has 1 aliphatic carbocycles. The average Bonchev–Trinajstić information content (AvgIpc) is 3.31. The van der Waals surface area contributed by atoms with Crippen molar-refractivity contribution in [2.24, 2.45) is 0 Å². The molecule has 0 saturated heterocycles. The summed E-state index contributed by atoms with van der Waals surface area (Å²) in [6.07, 6.45) is 2.50. The molecule has 5 rings (SSSR count). The first-order valence-electron chi connectivity index (χ1n) is 11.4. The van der Waals surface area contributed by atoms with Crippen molar-refractivity contribution in [3.8, 4) is 28.3 Å². The van der Waals surface area contributed by atoms with Crippen LogP contribution in [0.5, 0.6) is 5.75 Å². The molecular formula is C28H25NO5. The zero-order valence-corrected chi connectivity index (χ0v) is 18.6. The van der Waals surface area contributed by atoms with Gasteiger partial charge in [0.2, 0.25) is 5.89 Å². The summed E-state index contributed by atoms with van der Waals surface area (Å²) >= 11 is 0. The Hall–Kier alpha value is -3.90. The molecule has 34 heavy (non-hydrogen) atoms. The molecule has 0 fully saturated rings. The number of rotatable bonds is 8. The molecule has 4 aromatic rings. The van der Waals surface area contributed by atoms with Crippen LogP contribution in [0.15, 0.2) is 83.3 Å². The molecule has 0 unspecified atom stereocenters. The Kier molecular flexibility index (Phi) is 6.40. The van der Waals surface area contributed by atoms with Crippen LogP contribution in [0.3, 0.4) is 0 Å². The van der Waals surface area contributed by atoms with E-state index in [2.05, 4.69) is 0 Å². The number of carbonyl (C=O) groups is 1. The Morgan fingerprint density at radius 2 is 1.71 bits per heavy atom. The quantitative estimate of drug-likeness (QED) is 0.347. The van der Waals surface area contributed by atoms with Crippen molar-refractivity contribution >= 4 is 5.97 Å². The van der Waals surface area contributed by atoms with Gasteiger partial charge in [-0.1, -0.05) is 72.8 Å². The third-order valence-electron chi connectivity index (χ3n) is 5.92. The van der Waals surface area contributed by atoms with Crippen molar-refractivity contribution in [2.45, 2.75) is 32.0 Å². The number of carboxylic acids is 1. The summed E-state index contributed by atoms with van der Waals surface area (Å²) in [5, 5.41) is 8.96. The Balaban J connectivity index is 1.39. The highest BCUT2D eigenvalue weighted by Crippen LogP contribution is 2.38. The number of aromatic nitrogens is 1. The number of oxazole rings is 1. The van der Waals surface area contributed by atoms with E-state index in [9.17, 15) is 4.79 Å². The largest absolute Gasteiger partial charge is 0.482 e. The first-order chi connectivity index (χ1) is 16.7. The first kappa shape index (κ1) is 21.9. The van der Waals surface area contributed by atoms with Crippen LogP contribution in [-0.4, -0.2) is 22.7 Å².